The number of anilines is 1. The molecule has 0 aliphatic carbocycles. The quantitative estimate of drug-likeness (QED) is 0.239. The molecule has 1 aliphatic rings. The van der Waals surface area contributed by atoms with Gasteiger partial charge in [0.2, 0.25) is 0 Å². The molecule has 4 nitrogen and oxygen atoms in total. The maximum atomic E-state index is 12.7. The van der Waals surface area contributed by atoms with Crippen molar-refractivity contribution in [1.29, 1.82) is 0 Å². The van der Waals surface area contributed by atoms with Crippen LogP contribution in [0.25, 0.3) is 16.8 Å². The Kier molecular flexibility index (Phi) is 7.11. The number of nitrogens with one attached hydrogen (secondary N) is 2. The summed E-state index contributed by atoms with van der Waals surface area (Å²) in [4.78, 5) is 13.3. The van der Waals surface area contributed by atoms with Gasteiger partial charge in [0.05, 0.1) is 4.91 Å². The van der Waals surface area contributed by atoms with E-state index in [4.69, 9.17) is 4.74 Å². The molecule has 6 heteroatoms. The maximum Gasteiger partial charge on any atom is 0.260 e. The second-order valence-electron chi connectivity index (χ2n) is 8.33. The Labute approximate surface area is 217 Å². The highest BCUT2D eigenvalue weighted by molar-refractivity contribution is 9.10. The van der Waals surface area contributed by atoms with Crippen LogP contribution in [0.3, 0.4) is 0 Å². The lowest BCUT2D eigenvalue weighted by Gasteiger charge is -2.13. The Morgan fingerprint density at radius 2 is 1.74 bits per heavy atom. The van der Waals surface area contributed by atoms with E-state index in [9.17, 15) is 4.79 Å². The van der Waals surface area contributed by atoms with Gasteiger partial charge in [-0.05, 0) is 70.8 Å². The molecule has 5 rings (SSSR count). The lowest BCUT2D eigenvalue weighted by molar-refractivity contribution is -0.116. The van der Waals surface area contributed by atoms with Crippen molar-refractivity contribution in [1.82, 2.24) is 5.32 Å². The summed E-state index contributed by atoms with van der Waals surface area (Å²) < 4.78 is 7.12. The Bertz CT molecular complexity index is 1400. The number of fused-ring (bicyclic) bond motifs is 1. The molecule has 0 spiro atoms. The predicted molar refractivity (Wildman–Crippen MR) is 149 cm³/mol. The van der Waals surface area contributed by atoms with Crippen LogP contribution in [0.5, 0.6) is 5.75 Å². The van der Waals surface area contributed by atoms with Crippen LogP contribution >= 0.6 is 27.7 Å². The lowest BCUT2D eigenvalue weighted by atomic mass is 10.1. The van der Waals surface area contributed by atoms with Gasteiger partial charge in [-0.2, -0.15) is 0 Å². The van der Waals surface area contributed by atoms with Crippen LogP contribution in [-0.2, 0) is 17.8 Å². The SMILES string of the molecule is CCc1ccc(N[C@H]2NC(=O)/C(=C/c3cc(Br)ccc3OCc3ccc4ccccc4c3)S2)cc1. The van der Waals surface area contributed by atoms with Gasteiger partial charge in [-0.15, -0.1) is 0 Å². The van der Waals surface area contributed by atoms with Crippen LogP contribution in [-0.4, -0.2) is 11.4 Å². The summed E-state index contributed by atoms with van der Waals surface area (Å²) in [5, 5.41) is 8.77. The Morgan fingerprint density at radius 3 is 2.54 bits per heavy atom. The number of benzene rings is 4. The van der Waals surface area contributed by atoms with Gasteiger partial charge in [-0.25, -0.2) is 0 Å². The van der Waals surface area contributed by atoms with Crippen molar-refractivity contribution in [2.75, 3.05) is 5.32 Å². The monoisotopic (exact) mass is 544 g/mol. The number of hydrogen-bond acceptors (Lipinski definition) is 4. The molecule has 2 N–H and O–H groups in total. The lowest BCUT2D eigenvalue weighted by Crippen LogP contribution is -2.30. The summed E-state index contributed by atoms with van der Waals surface area (Å²) in [7, 11) is 0. The second-order valence-corrected chi connectivity index (χ2v) is 10.4. The third-order valence-electron chi connectivity index (χ3n) is 5.86. The van der Waals surface area contributed by atoms with Crippen LogP contribution < -0.4 is 15.4 Å². The molecule has 4 aromatic carbocycles. The van der Waals surface area contributed by atoms with Gasteiger partial charge in [0.1, 0.15) is 12.4 Å². The van der Waals surface area contributed by atoms with Gasteiger partial charge in [0.15, 0.2) is 5.50 Å². The van der Waals surface area contributed by atoms with Crippen molar-refractivity contribution in [3.63, 3.8) is 0 Å². The first-order valence-electron chi connectivity index (χ1n) is 11.5. The first-order chi connectivity index (χ1) is 17.1. The molecule has 1 atom stereocenters. The van der Waals surface area contributed by atoms with Crippen molar-refractivity contribution in [3.8, 4) is 5.75 Å². The van der Waals surface area contributed by atoms with Crippen molar-refractivity contribution in [3.05, 3.63) is 111 Å². The van der Waals surface area contributed by atoms with E-state index in [0.717, 1.165) is 33.5 Å². The summed E-state index contributed by atoms with van der Waals surface area (Å²) in [6.07, 6.45) is 2.89. The molecule has 1 fully saturated rings. The fourth-order valence-electron chi connectivity index (χ4n) is 3.95. The van der Waals surface area contributed by atoms with Crippen molar-refractivity contribution >= 4 is 56.1 Å². The van der Waals surface area contributed by atoms with E-state index >= 15 is 0 Å². The highest BCUT2D eigenvalue weighted by atomic mass is 79.9. The fourth-order valence-corrected chi connectivity index (χ4v) is 5.30. The first kappa shape index (κ1) is 23.5. The maximum absolute atomic E-state index is 12.7. The minimum atomic E-state index is -0.227. The van der Waals surface area contributed by atoms with Crippen LogP contribution in [0, 0.1) is 0 Å². The highest BCUT2D eigenvalue weighted by Crippen LogP contribution is 2.34. The van der Waals surface area contributed by atoms with Crippen LogP contribution in [0.15, 0.2) is 94.3 Å². The third kappa shape index (κ3) is 5.72. The van der Waals surface area contributed by atoms with E-state index in [1.165, 1.54) is 28.1 Å². The largest absolute Gasteiger partial charge is 0.488 e. The summed E-state index contributed by atoms with van der Waals surface area (Å²) in [5.41, 5.74) is 3.98. The molecule has 0 saturated carbocycles. The normalized spacial score (nSPS) is 16.5. The molecule has 1 amide bonds. The predicted octanol–water partition coefficient (Wildman–Crippen LogP) is 7.34. The highest BCUT2D eigenvalue weighted by Gasteiger charge is 2.27. The van der Waals surface area contributed by atoms with Crippen LogP contribution in [0.4, 0.5) is 5.69 Å². The molecule has 0 aromatic heterocycles. The van der Waals surface area contributed by atoms with Crippen LogP contribution in [0.2, 0.25) is 0 Å². The average molecular weight is 546 g/mol. The number of thioether (sulfide) groups is 1. The second kappa shape index (κ2) is 10.6. The standard InChI is InChI=1S/C29H25BrN2O2S/c1-2-19-8-12-25(13-9-19)31-29-32-28(33)27(35-29)17-23-16-24(30)11-14-26(23)34-18-20-7-10-21-5-3-4-6-22(21)15-20/h3-17,29,31H,2,18H2,1H3,(H,32,33)/b27-17-/t29-/m0/s1. The number of amides is 1. The minimum Gasteiger partial charge on any atom is -0.488 e. The first-order valence-corrected chi connectivity index (χ1v) is 13.2. The van der Waals surface area contributed by atoms with Gasteiger partial charge in [-0.1, -0.05) is 83.1 Å². The minimum absolute atomic E-state index is 0.0990. The van der Waals surface area contributed by atoms with E-state index in [0.29, 0.717) is 11.5 Å². The number of hydrogen-bond donors (Lipinski definition) is 2. The van der Waals surface area contributed by atoms with E-state index in [2.05, 4.69) is 76.0 Å². The van der Waals surface area contributed by atoms with Crippen molar-refractivity contribution in [2.45, 2.75) is 25.4 Å². The van der Waals surface area contributed by atoms with E-state index in [1.807, 2.05) is 48.5 Å². The van der Waals surface area contributed by atoms with Gasteiger partial charge in [0, 0.05) is 15.7 Å². The molecule has 35 heavy (non-hydrogen) atoms. The van der Waals surface area contributed by atoms with Crippen molar-refractivity contribution in [2.24, 2.45) is 0 Å². The number of aryl methyl sites for hydroxylation is 1. The number of carbonyl (C=O) groups is 1. The number of halogens is 1. The number of carbonyl (C=O) groups excluding carboxylic acids is 1. The van der Waals surface area contributed by atoms with E-state index < -0.39 is 0 Å². The van der Waals surface area contributed by atoms with E-state index in [-0.39, 0.29) is 11.4 Å². The van der Waals surface area contributed by atoms with Gasteiger partial charge < -0.3 is 15.4 Å². The smallest absolute Gasteiger partial charge is 0.260 e. The molecule has 1 aliphatic heterocycles. The summed E-state index contributed by atoms with van der Waals surface area (Å²) in [6, 6.07) is 28.8. The van der Waals surface area contributed by atoms with Crippen molar-refractivity contribution < 1.29 is 9.53 Å². The summed E-state index contributed by atoms with van der Waals surface area (Å²) in [5.74, 6) is 0.631. The number of rotatable bonds is 7. The molecule has 176 valence electrons. The Balaban J connectivity index is 1.31. The topological polar surface area (TPSA) is 50.4 Å². The van der Waals surface area contributed by atoms with Gasteiger partial charge in [0.25, 0.3) is 5.91 Å². The van der Waals surface area contributed by atoms with Crippen LogP contribution in [0.1, 0.15) is 23.6 Å². The molecule has 1 saturated heterocycles. The molecular formula is C29H25BrN2O2S. The Morgan fingerprint density at radius 1 is 0.971 bits per heavy atom. The molecule has 0 unspecified atom stereocenters. The summed E-state index contributed by atoms with van der Waals surface area (Å²) >= 11 is 5.01. The molecule has 4 aromatic rings. The summed E-state index contributed by atoms with van der Waals surface area (Å²) in [6.45, 7) is 2.58. The molecular weight excluding hydrogens is 520 g/mol. The zero-order chi connectivity index (χ0) is 24.2. The third-order valence-corrected chi connectivity index (χ3v) is 7.38. The molecule has 1 heterocycles. The molecule has 0 radical (unpaired) electrons. The number of ether oxygens (including phenoxy) is 1. The van der Waals surface area contributed by atoms with Gasteiger partial charge in [-0.3, -0.25) is 4.79 Å². The zero-order valence-electron chi connectivity index (χ0n) is 19.3. The molecule has 0 bridgehead atoms. The van der Waals surface area contributed by atoms with E-state index in [1.54, 1.807) is 0 Å². The van der Waals surface area contributed by atoms with Gasteiger partial charge >= 0.3 is 0 Å². The fraction of sp³-hybridized carbons (Fsp3) is 0.138. The average Bonchev–Trinajstić information content (AvgIpc) is 3.22. The Hall–Kier alpha value is -3.22. The zero-order valence-corrected chi connectivity index (χ0v) is 21.7.